The van der Waals surface area contributed by atoms with Crippen LogP contribution in [0.5, 0.6) is 0 Å². The highest BCUT2D eigenvalue weighted by molar-refractivity contribution is 8.27. The Hall–Kier alpha value is -2.78. The molecule has 0 saturated carbocycles. The average molecular weight is 577 g/mol. The number of thiocarbonyl (C=S) groups is 2. The molecule has 2 aliphatic rings. The van der Waals surface area contributed by atoms with E-state index in [1.165, 1.54) is 23.5 Å². The van der Waals surface area contributed by atoms with Crippen molar-refractivity contribution in [3.05, 3.63) is 106 Å². The lowest BCUT2D eigenvalue weighted by Gasteiger charge is -2.15. The summed E-state index contributed by atoms with van der Waals surface area (Å²) >= 11 is 13.6. The van der Waals surface area contributed by atoms with Crippen LogP contribution in [0.2, 0.25) is 0 Å². The minimum atomic E-state index is -0.0246. The maximum atomic E-state index is 12.8. The summed E-state index contributed by atoms with van der Waals surface area (Å²) in [6.45, 7) is 1.23. The lowest BCUT2D eigenvalue weighted by molar-refractivity contribution is -0.123. The van der Waals surface area contributed by atoms with Gasteiger partial charge in [0.05, 0.1) is 9.81 Å². The van der Waals surface area contributed by atoms with Crippen molar-refractivity contribution in [2.24, 2.45) is 0 Å². The maximum Gasteiger partial charge on any atom is 0.266 e. The lowest BCUT2D eigenvalue weighted by Crippen LogP contribution is -2.29. The van der Waals surface area contributed by atoms with Crippen LogP contribution in [-0.2, 0) is 9.59 Å². The normalized spacial score (nSPS) is 18.4. The number of amides is 2. The topological polar surface area (TPSA) is 40.6 Å². The van der Waals surface area contributed by atoms with Gasteiger partial charge in [0.2, 0.25) is 0 Å². The molecule has 0 N–H and O–H groups in total. The largest absolute Gasteiger partial charge is 0.293 e. The standard InChI is InChI=1S/C30H28N2O2S4/c33-27-25(19-11-17-23-13-5-3-6-14-23)37-29(35)31(27)21-9-1-2-10-22-32-28(34)26(38-30(32)36)20-12-18-24-15-7-4-8-16-24/h3-8,11-20H,1-2,9-10,21-22H2. The van der Waals surface area contributed by atoms with Crippen molar-refractivity contribution in [2.75, 3.05) is 13.1 Å². The molecular formula is C30H28N2O2S4. The Labute approximate surface area is 243 Å². The second-order valence-electron chi connectivity index (χ2n) is 8.67. The van der Waals surface area contributed by atoms with Gasteiger partial charge in [-0.2, -0.15) is 0 Å². The molecule has 0 radical (unpaired) electrons. The Bertz CT molecular complexity index is 1200. The fourth-order valence-electron chi connectivity index (χ4n) is 3.93. The van der Waals surface area contributed by atoms with Crippen molar-refractivity contribution in [3.8, 4) is 0 Å². The quantitative estimate of drug-likeness (QED) is 0.157. The fraction of sp³-hybridized carbons (Fsp3) is 0.200. The molecule has 2 amide bonds. The molecule has 2 aromatic rings. The second kappa shape index (κ2) is 14.4. The van der Waals surface area contributed by atoms with E-state index in [-0.39, 0.29) is 11.8 Å². The van der Waals surface area contributed by atoms with Crippen molar-refractivity contribution >= 4 is 80.6 Å². The highest BCUT2D eigenvalue weighted by atomic mass is 32.2. The summed E-state index contributed by atoms with van der Waals surface area (Å²) in [5, 5.41) is 0. The van der Waals surface area contributed by atoms with Crippen LogP contribution < -0.4 is 0 Å². The molecule has 38 heavy (non-hydrogen) atoms. The zero-order valence-corrected chi connectivity index (χ0v) is 24.1. The monoisotopic (exact) mass is 576 g/mol. The molecule has 2 saturated heterocycles. The Balaban J connectivity index is 1.16. The third kappa shape index (κ3) is 7.86. The van der Waals surface area contributed by atoms with Gasteiger partial charge in [-0.05, 0) is 36.1 Å². The summed E-state index contributed by atoms with van der Waals surface area (Å²) in [5.74, 6) is -0.0493. The molecular weight excluding hydrogens is 549 g/mol. The maximum absolute atomic E-state index is 12.8. The summed E-state index contributed by atoms with van der Waals surface area (Å²) in [5.41, 5.74) is 2.17. The van der Waals surface area contributed by atoms with Crippen LogP contribution in [-0.4, -0.2) is 43.3 Å². The average Bonchev–Trinajstić information content (AvgIpc) is 3.35. The van der Waals surface area contributed by atoms with Gasteiger partial charge in [0.1, 0.15) is 8.64 Å². The van der Waals surface area contributed by atoms with Crippen molar-refractivity contribution in [2.45, 2.75) is 25.7 Å². The number of hydrogen-bond acceptors (Lipinski definition) is 6. The summed E-state index contributed by atoms with van der Waals surface area (Å²) in [7, 11) is 0. The molecule has 4 nitrogen and oxygen atoms in total. The number of hydrogen-bond donors (Lipinski definition) is 0. The first kappa shape index (κ1) is 28.2. The molecule has 0 spiro atoms. The molecule has 2 aliphatic heterocycles. The molecule has 8 heteroatoms. The molecule has 2 aromatic carbocycles. The molecule has 0 atom stereocenters. The molecule has 0 bridgehead atoms. The van der Waals surface area contributed by atoms with Gasteiger partial charge in [-0.25, -0.2) is 0 Å². The van der Waals surface area contributed by atoms with Crippen molar-refractivity contribution < 1.29 is 9.59 Å². The van der Waals surface area contributed by atoms with Crippen LogP contribution in [0.4, 0.5) is 0 Å². The number of benzene rings is 2. The van der Waals surface area contributed by atoms with E-state index in [2.05, 4.69) is 0 Å². The summed E-state index contributed by atoms with van der Waals surface area (Å²) in [6, 6.07) is 19.9. The first-order valence-electron chi connectivity index (χ1n) is 12.5. The highest BCUT2D eigenvalue weighted by Crippen LogP contribution is 2.32. The number of unbranched alkanes of at least 4 members (excludes halogenated alkanes) is 3. The first-order valence-corrected chi connectivity index (χ1v) is 14.9. The second-order valence-corrected chi connectivity index (χ2v) is 12.0. The number of nitrogens with zero attached hydrogens (tertiary/aromatic N) is 2. The highest BCUT2D eigenvalue weighted by Gasteiger charge is 2.32. The van der Waals surface area contributed by atoms with Crippen LogP contribution in [0.25, 0.3) is 12.2 Å². The van der Waals surface area contributed by atoms with E-state index >= 15 is 0 Å². The van der Waals surface area contributed by atoms with Crippen molar-refractivity contribution in [1.29, 1.82) is 0 Å². The predicted octanol–water partition coefficient (Wildman–Crippen LogP) is 7.46. The predicted molar refractivity (Wildman–Crippen MR) is 169 cm³/mol. The molecule has 4 rings (SSSR count). The minimum absolute atomic E-state index is 0.0246. The molecule has 0 aliphatic carbocycles. The smallest absolute Gasteiger partial charge is 0.266 e. The Kier molecular flexibility index (Phi) is 10.7. The molecule has 2 heterocycles. The van der Waals surface area contributed by atoms with Crippen molar-refractivity contribution in [1.82, 2.24) is 9.80 Å². The van der Waals surface area contributed by atoms with Crippen molar-refractivity contribution in [3.63, 3.8) is 0 Å². The van der Waals surface area contributed by atoms with Gasteiger partial charge < -0.3 is 0 Å². The molecule has 0 unspecified atom stereocenters. The van der Waals surface area contributed by atoms with Crippen LogP contribution in [0.1, 0.15) is 36.8 Å². The van der Waals surface area contributed by atoms with Gasteiger partial charge in [-0.15, -0.1) is 0 Å². The first-order chi connectivity index (χ1) is 18.5. The number of carbonyl (C=O) groups is 2. The van der Waals surface area contributed by atoms with Gasteiger partial charge in [-0.1, -0.05) is 146 Å². The summed E-state index contributed by atoms with van der Waals surface area (Å²) in [6.07, 6.45) is 15.0. The number of allylic oxidation sites excluding steroid dienone is 4. The summed E-state index contributed by atoms with van der Waals surface area (Å²) in [4.78, 5) is 30.2. The van der Waals surface area contributed by atoms with Gasteiger partial charge in [0.15, 0.2) is 0 Å². The Morgan fingerprint density at radius 1 is 0.605 bits per heavy atom. The minimum Gasteiger partial charge on any atom is -0.293 e. The third-order valence-corrected chi connectivity index (χ3v) is 8.72. The van der Waals surface area contributed by atoms with E-state index in [0.29, 0.717) is 31.5 Å². The molecule has 2 fully saturated rings. The zero-order valence-electron chi connectivity index (χ0n) is 20.8. The van der Waals surface area contributed by atoms with Gasteiger partial charge in [-0.3, -0.25) is 19.4 Å². The van der Waals surface area contributed by atoms with E-state index in [9.17, 15) is 9.59 Å². The van der Waals surface area contributed by atoms with E-state index in [1.54, 1.807) is 9.80 Å². The van der Waals surface area contributed by atoms with Crippen LogP contribution in [0.3, 0.4) is 0 Å². The summed E-state index contributed by atoms with van der Waals surface area (Å²) < 4.78 is 1.22. The Morgan fingerprint density at radius 3 is 1.39 bits per heavy atom. The molecule has 194 valence electrons. The van der Waals surface area contributed by atoms with E-state index in [1.807, 2.05) is 97.1 Å². The Morgan fingerprint density at radius 2 is 1.00 bits per heavy atom. The zero-order chi connectivity index (χ0) is 26.7. The van der Waals surface area contributed by atoms with Crippen LogP contribution in [0.15, 0.2) is 94.8 Å². The number of rotatable bonds is 11. The van der Waals surface area contributed by atoms with Gasteiger partial charge >= 0.3 is 0 Å². The molecule has 0 aromatic heterocycles. The van der Waals surface area contributed by atoms with Gasteiger partial charge in [0, 0.05) is 13.1 Å². The fourth-order valence-corrected chi connectivity index (χ4v) is 6.45. The van der Waals surface area contributed by atoms with E-state index in [0.717, 1.165) is 36.8 Å². The SMILES string of the molecule is O=C1C(=CC=Cc2ccccc2)SC(=S)N1CCCCCCN1C(=O)C(=CC=Cc2ccccc2)SC1=S. The number of carbonyl (C=O) groups excluding carboxylic acids is 2. The van der Waals surface area contributed by atoms with Crippen LogP contribution >= 0.6 is 48.0 Å². The van der Waals surface area contributed by atoms with E-state index < -0.39 is 0 Å². The lowest BCUT2D eigenvalue weighted by atomic mass is 10.2. The van der Waals surface area contributed by atoms with E-state index in [4.69, 9.17) is 24.4 Å². The third-order valence-electron chi connectivity index (χ3n) is 5.93. The van der Waals surface area contributed by atoms with Gasteiger partial charge in [0.25, 0.3) is 11.8 Å². The number of thioether (sulfide) groups is 2. The van der Waals surface area contributed by atoms with Crippen LogP contribution in [0, 0.1) is 0 Å².